The van der Waals surface area contributed by atoms with Crippen molar-refractivity contribution < 1.29 is 14.3 Å². The number of thiocarbonyl (C=S) groups is 1. The summed E-state index contributed by atoms with van der Waals surface area (Å²) in [6.45, 7) is 1.21. The van der Waals surface area contributed by atoms with Crippen LogP contribution in [0.4, 0.5) is 0 Å². The number of hydrogen-bond acceptors (Lipinski definition) is 5. The maximum absolute atomic E-state index is 13.1. The Morgan fingerprint density at radius 1 is 0.600 bits per heavy atom. The molecule has 2 bridgehead atoms. The van der Waals surface area contributed by atoms with E-state index < -0.39 is 5.25 Å². The molecule has 218 valence electrons. The summed E-state index contributed by atoms with van der Waals surface area (Å²) < 4.78 is 12.4. The maximum atomic E-state index is 13.1. The van der Waals surface area contributed by atoms with Crippen LogP contribution >= 0.6 is 24.0 Å². The van der Waals surface area contributed by atoms with Crippen molar-refractivity contribution >= 4 is 34.1 Å². The summed E-state index contributed by atoms with van der Waals surface area (Å²) in [5.41, 5.74) is 1.84. The van der Waals surface area contributed by atoms with Crippen molar-refractivity contribution in [1.29, 1.82) is 0 Å². The predicted molar refractivity (Wildman–Crippen MR) is 174 cm³/mol. The lowest BCUT2D eigenvalue weighted by Crippen LogP contribution is -2.16. The van der Waals surface area contributed by atoms with Crippen LogP contribution in [0.15, 0.2) is 66.7 Å². The molecule has 0 fully saturated rings. The maximum Gasteiger partial charge on any atom is 0.324 e. The molecule has 1 unspecified atom stereocenters. The summed E-state index contributed by atoms with van der Waals surface area (Å²) in [5, 5.41) is -0.473. The highest BCUT2D eigenvalue weighted by Crippen LogP contribution is 2.34. The second-order valence-corrected chi connectivity index (χ2v) is 12.5. The molecule has 2 aliphatic rings. The highest BCUT2D eigenvalue weighted by atomic mass is 32.2. The molecule has 3 nitrogen and oxygen atoms in total. The summed E-state index contributed by atoms with van der Waals surface area (Å²) in [6.07, 6.45) is 24.5. The number of fused-ring (bicyclic) bond motifs is 26. The third-order valence-electron chi connectivity index (χ3n) is 7.34. The van der Waals surface area contributed by atoms with Gasteiger partial charge in [-0.3, -0.25) is 4.79 Å². The summed E-state index contributed by atoms with van der Waals surface area (Å²) in [4.78, 5) is 13.1. The van der Waals surface area contributed by atoms with Crippen LogP contribution in [0.2, 0.25) is 0 Å². The highest BCUT2D eigenvalue weighted by Gasteiger charge is 2.25. The van der Waals surface area contributed by atoms with E-state index in [4.69, 9.17) is 21.7 Å². The Morgan fingerprint density at radius 3 is 1.68 bits per heavy atom. The van der Waals surface area contributed by atoms with E-state index >= 15 is 0 Å². The van der Waals surface area contributed by atoms with Gasteiger partial charge in [0.25, 0.3) is 0 Å². The van der Waals surface area contributed by atoms with E-state index in [0.29, 0.717) is 10.8 Å². The standard InChI is InChI=1S/C35H48O3S2/c36-34-33(30-22-18-17-19-23-30)40-35(39)31-24-26-32(27-25-31)37-28-20-15-13-11-9-7-5-3-1-2-4-6-8-10-12-14-16-21-29-38-34/h1-2,17-19,22-27,33H,3-16,20-21,28-29H2/b2-1-. The fraction of sp³-hybridized carbons (Fsp3) is 0.543. The zero-order chi connectivity index (χ0) is 28.1. The number of ether oxygens (including phenoxy) is 2. The molecule has 5 heteroatoms. The lowest BCUT2D eigenvalue weighted by molar-refractivity contribution is -0.143. The highest BCUT2D eigenvalue weighted by molar-refractivity contribution is 8.24. The molecule has 0 spiro atoms. The minimum Gasteiger partial charge on any atom is -0.494 e. The lowest BCUT2D eigenvalue weighted by Gasteiger charge is -2.17. The molecule has 0 aliphatic carbocycles. The SMILES string of the molecule is O=C1OCCCCCCCCC/C=C\CCCCCCCCCOc2ccc(cc2)C(=S)SC1c1ccccc1. The van der Waals surface area contributed by atoms with Gasteiger partial charge in [-0.1, -0.05) is 131 Å². The monoisotopic (exact) mass is 580 g/mol. The van der Waals surface area contributed by atoms with Gasteiger partial charge in [-0.2, -0.15) is 0 Å². The summed E-state index contributed by atoms with van der Waals surface area (Å²) in [6, 6.07) is 17.8. The molecular formula is C35H48O3S2. The third-order valence-corrected chi connectivity index (χ3v) is 9.02. The normalized spacial score (nSPS) is 21.6. The van der Waals surface area contributed by atoms with Crippen molar-refractivity contribution in [2.24, 2.45) is 0 Å². The van der Waals surface area contributed by atoms with Crippen LogP contribution in [0.25, 0.3) is 0 Å². The van der Waals surface area contributed by atoms with Crippen LogP contribution < -0.4 is 4.74 Å². The first-order valence-corrected chi connectivity index (χ1v) is 16.8. The number of allylic oxidation sites excluding steroid dienone is 2. The quantitative estimate of drug-likeness (QED) is 0.190. The van der Waals surface area contributed by atoms with E-state index in [2.05, 4.69) is 12.2 Å². The molecule has 0 aromatic heterocycles. The summed E-state index contributed by atoms with van der Waals surface area (Å²) in [5.74, 6) is 0.648. The van der Waals surface area contributed by atoms with E-state index in [0.717, 1.165) is 42.7 Å². The molecule has 2 aromatic carbocycles. The van der Waals surface area contributed by atoms with Gasteiger partial charge in [0.05, 0.1) is 17.4 Å². The topological polar surface area (TPSA) is 35.5 Å². The largest absolute Gasteiger partial charge is 0.494 e. The van der Waals surface area contributed by atoms with Gasteiger partial charge >= 0.3 is 5.97 Å². The summed E-state index contributed by atoms with van der Waals surface area (Å²) >= 11 is 7.15. The number of esters is 1. The molecular weight excluding hydrogens is 533 g/mol. The van der Waals surface area contributed by atoms with Crippen LogP contribution in [0.3, 0.4) is 0 Å². The van der Waals surface area contributed by atoms with E-state index in [1.165, 1.54) is 95.2 Å². The number of thioether (sulfide) groups is 1. The lowest BCUT2D eigenvalue weighted by atomic mass is 10.1. The van der Waals surface area contributed by atoms with Crippen molar-refractivity contribution in [2.45, 2.75) is 108 Å². The summed E-state index contributed by atoms with van der Waals surface area (Å²) in [7, 11) is 0. The van der Waals surface area contributed by atoms with Gasteiger partial charge < -0.3 is 9.47 Å². The average Bonchev–Trinajstić information content (AvgIpc) is 2.98. The Kier molecular flexibility index (Phi) is 16.8. The molecule has 1 atom stereocenters. The minimum absolute atomic E-state index is 0.216. The second-order valence-electron chi connectivity index (χ2n) is 10.7. The van der Waals surface area contributed by atoms with Crippen LogP contribution in [-0.2, 0) is 9.53 Å². The molecule has 2 heterocycles. The number of carbonyl (C=O) groups is 1. The Labute approximate surface area is 252 Å². The van der Waals surface area contributed by atoms with E-state index in [9.17, 15) is 4.79 Å². The van der Waals surface area contributed by atoms with Gasteiger partial charge in [0.15, 0.2) is 0 Å². The molecule has 0 N–H and O–H groups in total. The Hall–Kier alpha value is -2.11. The van der Waals surface area contributed by atoms with Gasteiger partial charge in [0.2, 0.25) is 0 Å². The van der Waals surface area contributed by atoms with Crippen molar-refractivity contribution in [3.05, 3.63) is 77.9 Å². The first-order valence-electron chi connectivity index (χ1n) is 15.5. The molecule has 2 aromatic rings. The smallest absolute Gasteiger partial charge is 0.324 e. The fourth-order valence-corrected chi connectivity index (χ4v) is 6.28. The second kappa shape index (κ2) is 20.7. The van der Waals surface area contributed by atoms with Crippen LogP contribution in [0.5, 0.6) is 5.75 Å². The molecule has 0 radical (unpaired) electrons. The van der Waals surface area contributed by atoms with Gasteiger partial charge in [-0.15, -0.1) is 0 Å². The third kappa shape index (κ3) is 13.5. The van der Waals surface area contributed by atoms with Crippen LogP contribution in [0.1, 0.15) is 119 Å². The van der Waals surface area contributed by atoms with Gasteiger partial charge in [0.1, 0.15) is 11.0 Å². The van der Waals surface area contributed by atoms with E-state index in [1.807, 2.05) is 54.6 Å². The van der Waals surface area contributed by atoms with E-state index in [-0.39, 0.29) is 5.97 Å². The van der Waals surface area contributed by atoms with Gasteiger partial charge in [-0.05, 0) is 73.9 Å². The minimum atomic E-state index is -0.473. The van der Waals surface area contributed by atoms with Crippen molar-refractivity contribution in [3.63, 3.8) is 0 Å². The number of hydrogen-bond donors (Lipinski definition) is 0. The molecule has 0 saturated carbocycles. The average molecular weight is 581 g/mol. The Balaban J connectivity index is 1.54. The molecule has 2 aliphatic heterocycles. The fourth-order valence-electron chi connectivity index (χ4n) is 4.91. The van der Waals surface area contributed by atoms with Crippen molar-refractivity contribution in [1.82, 2.24) is 0 Å². The first kappa shape index (κ1) is 32.4. The van der Waals surface area contributed by atoms with Gasteiger partial charge in [-0.25, -0.2) is 0 Å². The Morgan fingerprint density at radius 2 is 1.10 bits per heavy atom. The predicted octanol–water partition coefficient (Wildman–Crippen LogP) is 10.6. The van der Waals surface area contributed by atoms with Gasteiger partial charge in [0, 0.05) is 0 Å². The molecule has 0 saturated heterocycles. The van der Waals surface area contributed by atoms with Crippen LogP contribution in [0, 0.1) is 0 Å². The van der Waals surface area contributed by atoms with Crippen molar-refractivity contribution in [2.75, 3.05) is 13.2 Å². The zero-order valence-electron chi connectivity index (χ0n) is 24.2. The molecule has 4 rings (SSSR count). The number of rotatable bonds is 1. The first-order chi connectivity index (χ1) is 19.7. The zero-order valence-corrected chi connectivity index (χ0v) is 25.8. The van der Waals surface area contributed by atoms with Crippen molar-refractivity contribution in [3.8, 4) is 5.75 Å². The molecule has 40 heavy (non-hydrogen) atoms. The Bertz CT molecular complexity index is 987. The number of benzene rings is 2. The number of carbonyl (C=O) groups excluding carboxylic acids is 1. The van der Waals surface area contributed by atoms with Crippen LogP contribution in [-0.4, -0.2) is 23.4 Å². The van der Waals surface area contributed by atoms with E-state index in [1.54, 1.807) is 0 Å². The molecule has 0 amide bonds.